The van der Waals surface area contributed by atoms with E-state index in [1.165, 1.54) is 18.2 Å². The lowest BCUT2D eigenvalue weighted by Crippen LogP contribution is -2.31. The van der Waals surface area contributed by atoms with Crippen LogP contribution in [0.25, 0.3) is 0 Å². The van der Waals surface area contributed by atoms with Crippen molar-refractivity contribution >= 4 is 23.0 Å². The molecule has 0 saturated heterocycles. The van der Waals surface area contributed by atoms with Gasteiger partial charge in [0, 0.05) is 0 Å². The third kappa shape index (κ3) is 4.21. The molecule has 0 saturated carbocycles. The van der Waals surface area contributed by atoms with Gasteiger partial charge in [-0.3, -0.25) is 0 Å². The molecule has 0 amide bonds. The third-order valence-corrected chi connectivity index (χ3v) is 3.35. The summed E-state index contributed by atoms with van der Waals surface area (Å²) in [5.74, 6) is 0. The van der Waals surface area contributed by atoms with Crippen LogP contribution >= 0.6 is 12.2 Å². The van der Waals surface area contributed by atoms with Gasteiger partial charge in [0.1, 0.15) is 0 Å². The van der Waals surface area contributed by atoms with E-state index in [1.807, 2.05) is 37.3 Å². The molecule has 116 valence electrons. The maximum absolute atomic E-state index is 12.9. The van der Waals surface area contributed by atoms with Crippen LogP contribution in [0.1, 0.15) is 24.1 Å². The van der Waals surface area contributed by atoms with E-state index in [0.717, 1.165) is 11.6 Å². The lowest BCUT2D eigenvalue weighted by Gasteiger charge is -2.19. The van der Waals surface area contributed by atoms with E-state index in [0.29, 0.717) is 0 Å². The van der Waals surface area contributed by atoms with E-state index in [4.69, 9.17) is 12.2 Å². The number of hydrogen-bond donors (Lipinski definition) is 2. The summed E-state index contributed by atoms with van der Waals surface area (Å²) in [6, 6.07) is 14.7. The number of alkyl halides is 3. The van der Waals surface area contributed by atoms with Crippen molar-refractivity contribution in [3.05, 3.63) is 65.7 Å². The maximum atomic E-state index is 12.9. The molecule has 2 nitrogen and oxygen atoms in total. The largest absolute Gasteiger partial charge is 0.418 e. The van der Waals surface area contributed by atoms with Gasteiger partial charge in [-0.2, -0.15) is 13.2 Å². The van der Waals surface area contributed by atoms with Crippen LogP contribution in [0.4, 0.5) is 18.9 Å². The highest BCUT2D eigenvalue weighted by Crippen LogP contribution is 2.34. The first-order chi connectivity index (χ1) is 10.4. The first-order valence-electron chi connectivity index (χ1n) is 6.66. The third-order valence-electron chi connectivity index (χ3n) is 3.13. The van der Waals surface area contributed by atoms with Gasteiger partial charge in [-0.25, -0.2) is 0 Å². The van der Waals surface area contributed by atoms with Gasteiger partial charge in [0.05, 0.1) is 17.3 Å². The van der Waals surface area contributed by atoms with Crippen molar-refractivity contribution < 1.29 is 13.2 Å². The van der Waals surface area contributed by atoms with Crippen LogP contribution in [0, 0.1) is 0 Å². The van der Waals surface area contributed by atoms with E-state index in [-0.39, 0.29) is 16.8 Å². The topological polar surface area (TPSA) is 24.1 Å². The normalized spacial score (nSPS) is 12.5. The molecule has 0 aliphatic heterocycles. The van der Waals surface area contributed by atoms with Crippen molar-refractivity contribution in [3.8, 4) is 0 Å². The molecular weight excluding hydrogens is 309 g/mol. The Morgan fingerprint density at radius 1 is 1.00 bits per heavy atom. The fourth-order valence-electron chi connectivity index (χ4n) is 2.02. The highest BCUT2D eigenvalue weighted by atomic mass is 32.1. The number of benzene rings is 2. The Hall–Kier alpha value is -2.08. The van der Waals surface area contributed by atoms with Crippen LogP contribution in [0.5, 0.6) is 0 Å². The molecule has 2 aromatic carbocycles. The molecule has 0 fully saturated rings. The Balaban J connectivity index is 2.07. The minimum Gasteiger partial charge on any atom is -0.356 e. The van der Waals surface area contributed by atoms with Crippen LogP contribution < -0.4 is 10.6 Å². The molecule has 0 unspecified atom stereocenters. The molecular formula is C16H15F3N2S. The average molecular weight is 324 g/mol. The number of thiocarbonyl (C=S) groups is 1. The van der Waals surface area contributed by atoms with Crippen LogP contribution in [0.3, 0.4) is 0 Å². The van der Waals surface area contributed by atoms with Crippen molar-refractivity contribution in [3.63, 3.8) is 0 Å². The molecule has 0 aliphatic rings. The summed E-state index contributed by atoms with van der Waals surface area (Å²) in [7, 11) is 0. The van der Waals surface area contributed by atoms with E-state index in [9.17, 15) is 13.2 Å². The Kier molecular flexibility index (Phi) is 5.03. The van der Waals surface area contributed by atoms with Gasteiger partial charge in [-0.1, -0.05) is 42.5 Å². The number of para-hydroxylation sites is 1. The summed E-state index contributed by atoms with van der Waals surface area (Å²) in [4.78, 5) is 0. The SMILES string of the molecule is C[C@@H](NC(=S)Nc1ccccc1C(F)(F)F)c1ccccc1. The van der Waals surface area contributed by atoms with Crippen LogP contribution in [0.15, 0.2) is 54.6 Å². The quantitative estimate of drug-likeness (QED) is 0.797. The molecule has 0 aromatic heterocycles. The first-order valence-corrected chi connectivity index (χ1v) is 7.07. The fourth-order valence-corrected chi connectivity index (χ4v) is 2.31. The van der Waals surface area contributed by atoms with Crippen molar-refractivity contribution in [2.24, 2.45) is 0 Å². The molecule has 0 aliphatic carbocycles. The zero-order valence-electron chi connectivity index (χ0n) is 11.8. The minimum absolute atomic E-state index is 0.0623. The summed E-state index contributed by atoms with van der Waals surface area (Å²) >= 11 is 5.11. The number of anilines is 1. The highest BCUT2D eigenvalue weighted by Gasteiger charge is 2.33. The summed E-state index contributed by atoms with van der Waals surface area (Å²) in [5.41, 5.74) is 0.190. The van der Waals surface area contributed by atoms with Gasteiger partial charge in [0.25, 0.3) is 0 Å². The monoisotopic (exact) mass is 324 g/mol. The Morgan fingerprint density at radius 2 is 1.59 bits per heavy atom. The van der Waals surface area contributed by atoms with E-state index >= 15 is 0 Å². The summed E-state index contributed by atoms with van der Waals surface area (Å²) in [5, 5.41) is 5.74. The van der Waals surface area contributed by atoms with Gasteiger partial charge in [0.2, 0.25) is 0 Å². The number of nitrogens with one attached hydrogen (secondary N) is 2. The molecule has 2 aromatic rings. The lowest BCUT2D eigenvalue weighted by atomic mass is 10.1. The number of hydrogen-bond acceptors (Lipinski definition) is 1. The Bertz CT molecular complexity index is 641. The lowest BCUT2D eigenvalue weighted by molar-refractivity contribution is -0.136. The first kappa shape index (κ1) is 16.3. The number of halogens is 3. The second-order valence-corrected chi connectivity index (χ2v) is 5.18. The van der Waals surface area contributed by atoms with Crippen molar-refractivity contribution in [1.82, 2.24) is 5.32 Å². The second kappa shape index (κ2) is 6.79. The standard InChI is InChI=1S/C16H15F3N2S/c1-11(12-7-3-2-4-8-12)20-15(22)21-14-10-6-5-9-13(14)16(17,18)19/h2-11H,1H3,(H2,20,21,22)/t11-/m1/s1. The van der Waals surface area contributed by atoms with Gasteiger partial charge >= 0.3 is 6.18 Å². The minimum atomic E-state index is -4.43. The maximum Gasteiger partial charge on any atom is 0.418 e. The summed E-state index contributed by atoms with van der Waals surface area (Å²) < 4.78 is 38.8. The molecule has 2 N–H and O–H groups in total. The van der Waals surface area contributed by atoms with Crippen LogP contribution in [-0.4, -0.2) is 5.11 Å². The fraction of sp³-hybridized carbons (Fsp3) is 0.188. The smallest absolute Gasteiger partial charge is 0.356 e. The molecule has 2 rings (SSSR count). The van der Waals surface area contributed by atoms with Crippen molar-refractivity contribution in [2.75, 3.05) is 5.32 Å². The summed E-state index contributed by atoms with van der Waals surface area (Å²) in [6.45, 7) is 1.89. The highest BCUT2D eigenvalue weighted by molar-refractivity contribution is 7.80. The Morgan fingerprint density at radius 3 is 2.23 bits per heavy atom. The van der Waals surface area contributed by atoms with E-state index < -0.39 is 11.7 Å². The van der Waals surface area contributed by atoms with Gasteiger partial charge < -0.3 is 10.6 Å². The molecule has 1 atom stereocenters. The second-order valence-electron chi connectivity index (χ2n) is 4.77. The molecule has 0 bridgehead atoms. The Labute approximate surface area is 132 Å². The van der Waals surface area contributed by atoms with E-state index in [2.05, 4.69) is 10.6 Å². The molecule has 0 radical (unpaired) electrons. The van der Waals surface area contributed by atoms with Crippen molar-refractivity contribution in [2.45, 2.75) is 19.1 Å². The van der Waals surface area contributed by atoms with Crippen molar-refractivity contribution in [1.29, 1.82) is 0 Å². The van der Waals surface area contributed by atoms with Gasteiger partial charge in [-0.05, 0) is 36.8 Å². The van der Waals surface area contributed by atoms with Gasteiger partial charge in [-0.15, -0.1) is 0 Å². The predicted molar refractivity (Wildman–Crippen MR) is 85.7 cm³/mol. The van der Waals surface area contributed by atoms with Gasteiger partial charge in [0.15, 0.2) is 5.11 Å². The molecule has 22 heavy (non-hydrogen) atoms. The zero-order valence-corrected chi connectivity index (χ0v) is 12.6. The zero-order chi connectivity index (χ0) is 16.2. The van der Waals surface area contributed by atoms with Crippen LogP contribution in [-0.2, 0) is 6.18 Å². The summed E-state index contributed by atoms with van der Waals surface area (Å²) in [6.07, 6.45) is -4.43. The molecule has 6 heteroatoms. The average Bonchev–Trinajstić information content (AvgIpc) is 2.47. The van der Waals surface area contributed by atoms with Crippen LogP contribution in [0.2, 0.25) is 0 Å². The molecule has 0 heterocycles. The number of rotatable bonds is 3. The predicted octanol–water partition coefficient (Wildman–Crippen LogP) is 4.75. The molecule has 0 spiro atoms. The van der Waals surface area contributed by atoms with E-state index in [1.54, 1.807) is 0 Å².